The first kappa shape index (κ1) is 18.1. The largest absolute Gasteiger partial charge is 0.486 e. The average molecular weight is 415 g/mol. The van der Waals surface area contributed by atoms with E-state index in [1.165, 1.54) is 10.4 Å². The van der Waals surface area contributed by atoms with E-state index in [4.69, 9.17) is 14.5 Å². The highest BCUT2D eigenvalue weighted by Crippen LogP contribution is 2.40. The number of thiophene rings is 1. The summed E-state index contributed by atoms with van der Waals surface area (Å²) < 4.78 is 11.3. The normalized spacial score (nSPS) is 19.4. The van der Waals surface area contributed by atoms with E-state index in [9.17, 15) is 4.79 Å². The Hall–Kier alpha value is -1.99. The van der Waals surface area contributed by atoms with Gasteiger partial charge in [-0.05, 0) is 55.9 Å². The quantitative estimate of drug-likeness (QED) is 0.628. The summed E-state index contributed by atoms with van der Waals surface area (Å²) in [4.78, 5) is 24.0. The highest BCUT2D eigenvalue weighted by atomic mass is 32.2. The summed E-state index contributed by atoms with van der Waals surface area (Å²) >= 11 is 3.36. The topological polar surface area (TPSA) is 64.2 Å². The Balaban J connectivity index is 1.45. The number of thioether (sulfide) groups is 1. The third-order valence-electron chi connectivity index (χ3n) is 5.40. The Morgan fingerprint density at radius 2 is 2.11 bits per heavy atom. The minimum Gasteiger partial charge on any atom is -0.486 e. The molecule has 146 valence electrons. The van der Waals surface area contributed by atoms with Gasteiger partial charge in [0.05, 0.1) is 10.6 Å². The number of aromatic nitrogens is 2. The van der Waals surface area contributed by atoms with E-state index in [1.807, 2.05) is 18.2 Å². The second-order valence-electron chi connectivity index (χ2n) is 7.55. The number of fused-ring (bicyclic) bond motifs is 4. The monoisotopic (exact) mass is 414 g/mol. The number of hydrogen-bond donors (Lipinski definition) is 1. The molecule has 0 saturated heterocycles. The van der Waals surface area contributed by atoms with Crippen LogP contribution in [0.3, 0.4) is 0 Å². The summed E-state index contributed by atoms with van der Waals surface area (Å²) in [6.07, 6.45) is 3.20. The minimum atomic E-state index is 0.00155. The number of nitrogens with zero attached hydrogens (tertiary/aromatic N) is 1. The number of aryl methyl sites for hydroxylation is 1. The van der Waals surface area contributed by atoms with Crippen LogP contribution in [0.2, 0.25) is 0 Å². The van der Waals surface area contributed by atoms with E-state index >= 15 is 0 Å². The van der Waals surface area contributed by atoms with E-state index in [0.29, 0.717) is 19.1 Å². The molecule has 3 aromatic rings. The molecule has 5 rings (SSSR count). The van der Waals surface area contributed by atoms with E-state index in [0.717, 1.165) is 51.7 Å². The Labute approximate surface area is 171 Å². The summed E-state index contributed by atoms with van der Waals surface area (Å²) in [6, 6.07) is 5.96. The molecule has 2 atom stereocenters. The fourth-order valence-electron chi connectivity index (χ4n) is 3.91. The minimum absolute atomic E-state index is 0.00155. The van der Waals surface area contributed by atoms with Crippen LogP contribution in [-0.2, 0) is 12.8 Å². The van der Waals surface area contributed by atoms with Crippen LogP contribution in [0, 0.1) is 5.92 Å². The van der Waals surface area contributed by atoms with E-state index in [1.54, 1.807) is 23.1 Å². The zero-order valence-electron chi connectivity index (χ0n) is 15.9. The van der Waals surface area contributed by atoms with Crippen molar-refractivity contribution in [1.82, 2.24) is 9.97 Å². The van der Waals surface area contributed by atoms with Crippen molar-refractivity contribution in [2.24, 2.45) is 5.92 Å². The number of ether oxygens (including phenoxy) is 2. The van der Waals surface area contributed by atoms with Crippen LogP contribution < -0.4 is 15.0 Å². The van der Waals surface area contributed by atoms with Gasteiger partial charge in [0.2, 0.25) is 0 Å². The molecule has 0 saturated carbocycles. The summed E-state index contributed by atoms with van der Waals surface area (Å²) in [5.41, 5.74) is 1.23. The van der Waals surface area contributed by atoms with Gasteiger partial charge in [-0.3, -0.25) is 4.79 Å². The SMILES string of the molecule is CC1CCc2c(sc3nc(C(C)Sc4ccc5c(c4)OCCO5)[nH]c(=O)c23)C1. The zero-order valence-corrected chi connectivity index (χ0v) is 17.5. The van der Waals surface area contributed by atoms with Gasteiger partial charge < -0.3 is 14.5 Å². The maximum absolute atomic E-state index is 12.8. The lowest BCUT2D eigenvalue weighted by molar-refractivity contribution is 0.171. The van der Waals surface area contributed by atoms with Crippen LogP contribution in [0.15, 0.2) is 27.9 Å². The van der Waals surface area contributed by atoms with Gasteiger partial charge in [0.1, 0.15) is 23.9 Å². The number of nitrogens with one attached hydrogen (secondary N) is 1. The first-order valence-electron chi connectivity index (χ1n) is 9.69. The summed E-state index contributed by atoms with van der Waals surface area (Å²) in [5.74, 6) is 2.97. The first-order chi connectivity index (χ1) is 13.6. The standard InChI is InChI=1S/C21H22N2O3S2/c1-11-3-5-14-17(9-11)28-21-18(14)20(24)22-19(23-21)12(2)27-13-4-6-15-16(10-13)26-8-7-25-15/h4,6,10-12H,3,5,7-9H2,1-2H3,(H,22,23,24). The van der Waals surface area contributed by atoms with Crippen LogP contribution in [0.5, 0.6) is 11.5 Å². The Bertz CT molecular complexity index is 1100. The van der Waals surface area contributed by atoms with Gasteiger partial charge in [0.15, 0.2) is 11.5 Å². The maximum Gasteiger partial charge on any atom is 0.259 e. The fourth-order valence-corrected chi connectivity index (χ4v) is 6.26. The van der Waals surface area contributed by atoms with Crippen molar-refractivity contribution in [3.8, 4) is 11.5 Å². The highest BCUT2D eigenvalue weighted by Gasteiger charge is 2.24. The Morgan fingerprint density at radius 1 is 1.29 bits per heavy atom. The van der Waals surface area contributed by atoms with Crippen molar-refractivity contribution >= 4 is 33.3 Å². The summed E-state index contributed by atoms with van der Waals surface area (Å²) in [5, 5.41) is 0.838. The lowest BCUT2D eigenvalue weighted by atomic mass is 9.89. The molecule has 0 radical (unpaired) electrons. The van der Waals surface area contributed by atoms with Crippen LogP contribution in [-0.4, -0.2) is 23.2 Å². The number of benzene rings is 1. The molecule has 1 N–H and O–H groups in total. The summed E-state index contributed by atoms with van der Waals surface area (Å²) in [7, 11) is 0. The molecular formula is C21H22N2O3S2. The van der Waals surface area contributed by atoms with Gasteiger partial charge in [-0.15, -0.1) is 23.1 Å². The lowest BCUT2D eigenvalue weighted by Gasteiger charge is -2.19. The van der Waals surface area contributed by atoms with Crippen LogP contribution in [0.1, 0.15) is 41.8 Å². The number of H-pyrrole nitrogens is 1. The molecule has 5 nitrogen and oxygen atoms in total. The van der Waals surface area contributed by atoms with Gasteiger partial charge in [0.25, 0.3) is 5.56 Å². The number of aromatic amines is 1. The van der Waals surface area contributed by atoms with Crippen molar-refractivity contribution in [3.05, 3.63) is 44.8 Å². The molecular weight excluding hydrogens is 392 g/mol. The zero-order chi connectivity index (χ0) is 19.3. The van der Waals surface area contributed by atoms with Crippen LogP contribution in [0.25, 0.3) is 10.2 Å². The highest BCUT2D eigenvalue weighted by molar-refractivity contribution is 7.99. The number of hydrogen-bond acceptors (Lipinski definition) is 6. The molecule has 1 aliphatic carbocycles. The van der Waals surface area contributed by atoms with Crippen molar-refractivity contribution in [1.29, 1.82) is 0 Å². The molecule has 0 amide bonds. The average Bonchev–Trinajstić information content (AvgIpc) is 3.05. The molecule has 0 bridgehead atoms. The van der Waals surface area contributed by atoms with Gasteiger partial charge in [0, 0.05) is 9.77 Å². The van der Waals surface area contributed by atoms with Gasteiger partial charge in [-0.1, -0.05) is 6.92 Å². The van der Waals surface area contributed by atoms with E-state index in [-0.39, 0.29) is 10.8 Å². The molecule has 28 heavy (non-hydrogen) atoms. The lowest BCUT2D eigenvalue weighted by Crippen LogP contribution is -2.15. The second-order valence-corrected chi connectivity index (χ2v) is 10.0. The van der Waals surface area contributed by atoms with Crippen molar-refractivity contribution < 1.29 is 9.47 Å². The molecule has 0 fully saturated rings. The third kappa shape index (κ3) is 3.20. The molecule has 3 heterocycles. The van der Waals surface area contributed by atoms with Crippen LogP contribution in [0.4, 0.5) is 0 Å². The molecule has 2 unspecified atom stereocenters. The van der Waals surface area contributed by atoms with E-state index in [2.05, 4.69) is 18.8 Å². The van der Waals surface area contributed by atoms with Crippen molar-refractivity contribution in [2.45, 2.75) is 43.3 Å². The van der Waals surface area contributed by atoms with Crippen molar-refractivity contribution in [3.63, 3.8) is 0 Å². The smallest absolute Gasteiger partial charge is 0.259 e. The maximum atomic E-state index is 12.8. The second kappa shape index (κ2) is 7.12. The van der Waals surface area contributed by atoms with Crippen LogP contribution >= 0.6 is 23.1 Å². The fraction of sp³-hybridized carbons (Fsp3) is 0.429. The van der Waals surface area contributed by atoms with Gasteiger partial charge >= 0.3 is 0 Å². The van der Waals surface area contributed by atoms with Crippen molar-refractivity contribution in [2.75, 3.05) is 13.2 Å². The van der Waals surface area contributed by atoms with Gasteiger partial charge in [-0.25, -0.2) is 4.98 Å². The molecule has 1 aliphatic heterocycles. The molecule has 2 aromatic heterocycles. The number of rotatable bonds is 3. The molecule has 1 aromatic carbocycles. The third-order valence-corrected chi connectivity index (χ3v) is 7.65. The van der Waals surface area contributed by atoms with E-state index < -0.39 is 0 Å². The Kier molecular flexibility index (Phi) is 4.59. The summed E-state index contributed by atoms with van der Waals surface area (Å²) in [6.45, 7) is 5.51. The first-order valence-corrected chi connectivity index (χ1v) is 11.4. The molecule has 2 aliphatic rings. The molecule has 7 heteroatoms. The molecule has 0 spiro atoms. The Morgan fingerprint density at radius 3 is 2.96 bits per heavy atom. The predicted molar refractivity (Wildman–Crippen MR) is 113 cm³/mol. The predicted octanol–water partition coefficient (Wildman–Crippen LogP) is 4.73. The van der Waals surface area contributed by atoms with Gasteiger partial charge in [-0.2, -0.15) is 0 Å².